The van der Waals surface area contributed by atoms with E-state index in [1.54, 1.807) is 37.7 Å². The van der Waals surface area contributed by atoms with E-state index in [1.807, 2.05) is 64.1 Å². The molecule has 0 bridgehead atoms. The molecule has 39 heavy (non-hydrogen) atoms. The highest BCUT2D eigenvalue weighted by Gasteiger charge is 2.34. The van der Waals surface area contributed by atoms with Gasteiger partial charge < -0.3 is 18.9 Å². The molecule has 0 spiro atoms. The third-order valence-corrected chi connectivity index (χ3v) is 6.89. The predicted octanol–water partition coefficient (Wildman–Crippen LogP) is 4.38. The maximum absolute atomic E-state index is 13.9. The standard InChI is InChI=1S/C30H34N2O6S/c1-8-36-29(34)26-19(6)31-30-32(27(26)21-12-13-23(38-18(4)5)24(16-21)35-7)28(33)25(39-30)15-20-10-9-11-22(14-20)37-17(2)3/h9-18,27H,8H2,1-7H3/b25-15+/t27-/m1/s1. The zero-order chi connectivity index (χ0) is 28.3. The lowest BCUT2D eigenvalue weighted by atomic mass is 9.95. The lowest BCUT2D eigenvalue weighted by Crippen LogP contribution is -2.40. The fraction of sp³-hybridized carbons (Fsp3) is 0.367. The largest absolute Gasteiger partial charge is 0.493 e. The molecular weight excluding hydrogens is 516 g/mol. The van der Waals surface area contributed by atoms with Crippen LogP contribution in [0.4, 0.5) is 0 Å². The summed E-state index contributed by atoms with van der Waals surface area (Å²) in [7, 11) is 1.56. The van der Waals surface area contributed by atoms with Crippen molar-refractivity contribution in [2.75, 3.05) is 13.7 Å². The Kier molecular flexibility index (Phi) is 8.60. The van der Waals surface area contributed by atoms with Gasteiger partial charge in [-0.1, -0.05) is 29.5 Å². The smallest absolute Gasteiger partial charge is 0.338 e. The zero-order valence-corrected chi connectivity index (χ0v) is 24.1. The van der Waals surface area contributed by atoms with Crippen molar-refractivity contribution >= 4 is 23.4 Å². The topological polar surface area (TPSA) is 88.4 Å². The molecule has 0 aliphatic carbocycles. The number of ether oxygens (including phenoxy) is 4. The first-order chi connectivity index (χ1) is 18.6. The van der Waals surface area contributed by atoms with Crippen LogP contribution in [0.5, 0.6) is 17.2 Å². The van der Waals surface area contributed by atoms with Crippen molar-refractivity contribution < 1.29 is 23.7 Å². The number of benzene rings is 2. The van der Waals surface area contributed by atoms with Gasteiger partial charge in [0.1, 0.15) is 5.75 Å². The summed E-state index contributed by atoms with van der Waals surface area (Å²) in [5.41, 5.74) is 2.06. The molecule has 0 unspecified atom stereocenters. The van der Waals surface area contributed by atoms with Crippen molar-refractivity contribution in [1.82, 2.24) is 4.57 Å². The normalized spacial score (nSPS) is 15.3. The highest BCUT2D eigenvalue weighted by atomic mass is 32.1. The van der Waals surface area contributed by atoms with E-state index >= 15 is 0 Å². The van der Waals surface area contributed by atoms with E-state index in [-0.39, 0.29) is 24.4 Å². The number of methoxy groups -OCH3 is 1. The van der Waals surface area contributed by atoms with Gasteiger partial charge in [0, 0.05) is 0 Å². The van der Waals surface area contributed by atoms with E-state index in [4.69, 9.17) is 18.9 Å². The van der Waals surface area contributed by atoms with Gasteiger partial charge in [-0.05, 0) is 83.0 Å². The van der Waals surface area contributed by atoms with Crippen molar-refractivity contribution in [2.24, 2.45) is 4.99 Å². The number of hydrogen-bond donors (Lipinski definition) is 0. The van der Waals surface area contributed by atoms with Crippen LogP contribution in [0.2, 0.25) is 0 Å². The average Bonchev–Trinajstić information content (AvgIpc) is 3.17. The second-order valence-electron chi connectivity index (χ2n) is 9.62. The molecule has 0 amide bonds. The Hall–Kier alpha value is -3.85. The fourth-order valence-corrected chi connectivity index (χ4v) is 5.46. The average molecular weight is 551 g/mol. The molecule has 2 aromatic carbocycles. The number of carbonyl (C=O) groups is 1. The highest BCUT2D eigenvalue weighted by molar-refractivity contribution is 7.07. The number of nitrogens with zero attached hydrogens (tertiary/aromatic N) is 2. The second kappa shape index (κ2) is 11.9. The number of rotatable bonds is 9. The van der Waals surface area contributed by atoms with Crippen LogP contribution in [-0.4, -0.2) is 36.5 Å². The molecule has 1 atom stereocenters. The monoisotopic (exact) mass is 550 g/mol. The molecule has 3 aromatic rings. The molecule has 9 heteroatoms. The van der Waals surface area contributed by atoms with Crippen LogP contribution in [0.1, 0.15) is 58.7 Å². The van der Waals surface area contributed by atoms with Crippen molar-refractivity contribution in [1.29, 1.82) is 0 Å². The Morgan fingerprint density at radius 3 is 2.49 bits per heavy atom. The Morgan fingerprint density at radius 1 is 1.08 bits per heavy atom. The number of aromatic nitrogens is 1. The molecule has 0 radical (unpaired) electrons. The number of carbonyl (C=O) groups excluding carboxylic acids is 1. The first kappa shape index (κ1) is 28.2. The van der Waals surface area contributed by atoms with Gasteiger partial charge in [0.25, 0.3) is 5.56 Å². The molecular formula is C30H34N2O6S. The van der Waals surface area contributed by atoms with Crippen LogP contribution in [0.3, 0.4) is 0 Å². The number of allylic oxidation sites excluding steroid dienone is 1. The molecule has 2 heterocycles. The van der Waals surface area contributed by atoms with Crippen LogP contribution in [0.25, 0.3) is 6.08 Å². The minimum absolute atomic E-state index is 0.0316. The summed E-state index contributed by atoms with van der Waals surface area (Å²) >= 11 is 1.27. The van der Waals surface area contributed by atoms with Crippen molar-refractivity contribution in [3.63, 3.8) is 0 Å². The molecule has 1 aliphatic rings. The van der Waals surface area contributed by atoms with Crippen molar-refractivity contribution in [3.8, 4) is 17.2 Å². The summed E-state index contributed by atoms with van der Waals surface area (Å²) in [5.74, 6) is 1.28. The Morgan fingerprint density at radius 2 is 1.82 bits per heavy atom. The minimum atomic E-state index is -0.750. The molecule has 4 rings (SSSR count). The molecule has 0 N–H and O–H groups in total. The van der Waals surface area contributed by atoms with Gasteiger partial charge in [-0.2, -0.15) is 0 Å². The van der Waals surface area contributed by atoms with Gasteiger partial charge in [0.2, 0.25) is 0 Å². The molecule has 0 saturated carbocycles. The second-order valence-corrected chi connectivity index (χ2v) is 10.6. The first-order valence-electron chi connectivity index (χ1n) is 12.9. The van der Waals surface area contributed by atoms with E-state index in [1.165, 1.54) is 11.3 Å². The van der Waals surface area contributed by atoms with E-state index in [9.17, 15) is 9.59 Å². The van der Waals surface area contributed by atoms with Gasteiger partial charge in [-0.25, -0.2) is 9.79 Å². The molecule has 1 aliphatic heterocycles. The SMILES string of the molecule is CCOC(=O)C1=C(C)N=c2s/c(=C/c3cccc(OC(C)C)c3)c(=O)n2[C@@H]1c1ccc(OC(C)C)c(OC)c1. The summed E-state index contributed by atoms with van der Waals surface area (Å²) in [4.78, 5) is 32.2. The summed E-state index contributed by atoms with van der Waals surface area (Å²) in [5, 5.41) is 0. The molecule has 206 valence electrons. The van der Waals surface area contributed by atoms with Crippen LogP contribution in [-0.2, 0) is 9.53 Å². The van der Waals surface area contributed by atoms with Gasteiger partial charge in [0.15, 0.2) is 16.3 Å². The predicted molar refractivity (Wildman–Crippen MR) is 151 cm³/mol. The summed E-state index contributed by atoms with van der Waals surface area (Å²) in [6.45, 7) is 11.5. The van der Waals surface area contributed by atoms with Gasteiger partial charge in [-0.15, -0.1) is 0 Å². The zero-order valence-electron chi connectivity index (χ0n) is 23.3. The van der Waals surface area contributed by atoms with Crippen LogP contribution in [0.15, 0.2) is 63.5 Å². The highest BCUT2D eigenvalue weighted by Crippen LogP contribution is 2.36. The fourth-order valence-electron chi connectivity index (χ4n) is 4.41. The number of hydrogen-bond acceptors (Lipinski definition) is 8. The molecule has 0 saturated heterocycles. The Bertz CT molecular complexity index is 1580. The van der Waals surface area contributed by atoms with Crippen LogP contribution < -0.4 is 29.1 Å². The minimum Gasteiger partial charge on any atom is -0.493 e. The lowest BCUT2D eigenvalue weighted by Gasteiger charge is -2.25. The quantitative estimate of drug-likeness (QED) is 0.368. The van der Waals surface area contributed by atoms with Crippen molar-refractivity contribution in [2.45, 2.75) is 59.8 Å². The van der Waals surface area contributed by atoms with Crippen molar-refractivity contribution in [3.05, 3.63) is 84.5 Å². The van der Waals surface area contributed by atoms with Gasteiger partial charge in [-0.3, -0.25) is 9.36 Å². The maximum Gasteiger partial charge on any atom is 0.338 e. The summed E-state index contributed by atoms with van der Waals surface area (Å²) in [6.07, 6.45) is 1.80. The van der Waals surface area contributed by atoms with Gasteiger partial charge in [0.05, 0.1) is 47.8 Å². The third-order valence-electron chi connectivity index (χ3n) is 5.91. The van der Waals surface area contributed by atoms with Crippen LogP contribution >= 0.6 is 11.3 Å². The van der Waals surface area contributed by atoms with E-state index in [0.717, 1.165) is 11.3 Å². The summed E-state index contributed by atoms with van der Waals surface area (Å²) < 4.78 is 24.7. The summed E-state index contributed by atoms with van der Waals surface area (Å²) in [6, 6.07) is 12.3. The first-order valence-corrected chi connectivity index (χ1v) is 13.8. The third kappa shape index (κ3) is 6.09. The molecule has 1 aromatic heterocycles. The van der Waals surface area contributed by atoms with E-state index in [0.29, 0.717) is 37.7 Å². The number of esters is 1. The van der Waals surface area contributed by atoms with Gasteiger partial charge >= 0.3 is 5.97 Å². The number of fused-ring (bicyclic) bond motifs is 1. The van der Waals surface area contributed by atoms with E-state index < -0.39 is 12.0 Å². The number of thiazole rings is 1. The van der Waals surface area contributed by atoms with E-state index in [2.05, 4.69) is 4.99 Å². The molecule has 8 nitrogen and oxygen atoms in total. The lowest BCUT2D eigenvalue weighted by molar-refractivity contribution is -0.139. The Balaban J connectivity index is 1.90. The maximum atomic E-state index is 13.9. The Labute approximate surface area is 231 Å². The van der Waals surface area contributed by atoms with Crippen LogP contribution in [0, 0.1) is 0 Å². The molecule has 0 fully saturated rings.